The third kappa shape index (κ3) is 2.91. The number of carboxylic acids is 1. The molecule has 8 nitrogen and oxygen atoms in total. The van der Waals surface area contributed by atoms with E-state index < -0.39 is 27.6 Å². The lowest BCUT2D eigenvalue weighted by Gasteiger charge is -2.18. The number of rotatable bonds is 5. The van der Waals surface area contributed by atoms with Gasteiger partial charge in [0.25, 0.3) is 0 Å². The van der Waals surface area contributed by atoms with Crippen LogP contribution in [0.15, 0.2) is 4.90 Å². The van der Waals surface area contributed by atoms with Gasteiger partial charge in [0.05, 0.1) is 17.7 Å². The number of carbonyl (C=O) groups is 1. The zero-order valence-corrected chi connectivity index (χ0v) is 11.5. The molecule has 1 aromatic heterocycles. The van der Waals surface area contributed by atoms with Crippen LogP contribution in [0.2, 0.25) is 0 Å². The highest BCUT2D eigenvalue weighted by Crippen LogP contribution is 2.21. The van der Waals surface area contributed by atoms with Crippen LogP contribution in [0.4, 0.5) is 0 Å². The van der Waals surface area contributed by atoms with E-state index in [1.807, 2.05) is 6.07 Å². The van der Waals surface area contributed by atoms with Crippen LogP contribution in [0, 0.1) is 24.2 Å². The molecular weight excluding hydrogens is 272 g/mol. The molecule has 0 fully saturated rings. The largest absolute Gasteiger partial charge is 0.476 e. The van der Waals surface area contributed by atoms with Crippen molar-refractivity contribution in [3.63, 3.8) is 0 Å². The molecule has 2 N–H and O–H groups in total. The van der Waals surface area contributed by atoms with Crippen LogP contribution in [0.1, 0.15) is 23.1 Å². The molecule has 0 amide bonds. The summed E-state index contributed by atoms with van der Waals surface area (Å²) in [6, 6.07) is 1.92. The van der Waals surface area contributed by atoms with Crippen LogP contribution in [-0.2, 0) is 10.0 Å². The van der Waals surface area contributed by atoms with E-state index in [4.69, 9.17) is 10.4 Å². The average molecular weight is 286 g/mol. The predicted molar refractivity (Wildman–Crippen MR) is 64.9 cm³/mol. The van der Waals surface area contributed by atoms with Crippen LogP contribution in [-0.4, -0.2) is 47.6 Å². The van der Waals surface area contributed by atoms with Crippen molar-refractivity contribution in [1.29, 1.82) is 5.26 Å². The number of aromatic amines is 1. The number of nitrogens with one attached hydrogen (secondary N) is 1. The maximum absolute atomic E-state index is 12.3. The van der Waals surface area contributed by atoms with E-state index in [9.17, 15) is 13.2 Å². The van der Waals surface area contributed by atoms with Gasteiger partial charge >= 0.3 is 5.97 Å². The molecular formula is C10H14N4O4S. The summed E-state index contributed by atoms with van der Waals surface area (Å²) in [6.45, 7) is 2.97. The van der Waals surface area contributed by atoms with Crippen molar-refractivity contribution in [2.24, 2.45) is 5.92 Å². The molecule has 0 spiro atoms. The minimum Gasteiger partial charge on any atom is -0.476 e. The quantitative estimate of drug-likeness (QED) is 0.795. The molecule has 0 aliphatic carbocycles. The fraction of sp³-hybridized carbons (Fsp3) is 0.500. The Labute approximate surface area is 110 Å². The number of sulfonamides is 1. The van der Waals surface area contributed by atoms with Gasteiger partial charge in [0.1, 0.15) is 4.90 Å². The molecule has 104 valence electrons. The monoisotopic (exact) mass is 286 g/mol. The number of hydrogen-bond acceptors (Lipinski definition) is 5. The van der Waals surface area contributed by atoms with Crippen molar-refractivity contribution >= 4 is 16.0 Å². The van der Waals surface area contributed by atoms with Gasteiger partial charge in [-0.2, -0.15) is 14.7 Å². The number of H-pyrrole nitrogens is 1. The van der Waals surface area contributed by atoms with Crippen molar-refractivity contribution < 1.29 is 18.3 Å². The lowest BCUT2D eigenvalue weighted by atomic mass is 10.2. The van der Waals surface area contributed by atoms with Gasteiger partial charge in [-0.05, 0) is 13.8 Å². The molecule has 0 saturated heterocycles. The Kier molecular flexibility index (Phi) is 4.28. The first-order valence-electron chi connectivity index (χ1n) is 5.36. The molecule has 0 radical (unpaired) electrons. The molecule has 0 bridgehead atoms. The molecule has 1 heterocycles. The molecule has 0 aliphatic heterocycles. The zero-order valence-electron chi connectivity index (χ0n) is 10.7. The molecule has 0 saturated carbocycles. The molecule has 1 aromatic rings. The predicted octanol–water partition coefficient (Wildman–Crippen LogP) is 0.197. The number of nitriles is 1. The summed E-state index contributed by atoms with van der Waals surface area (Å²) in [5.74, 6) is -1.93. The van der Waals surface area contributed by atoms with E-state index in [0.717, 1.165) is 4.31 Å². The molecule has 19 heavy (non-hydrogen) atoms. The van der Waals surface area contributed by atoms with Crippen LogP contribution in [0.3, 0.4) is 0 Å². The van der Waals surface area contributed by atoms with E-state index in [-0.39, 0.29) is 17.1 Å². The van der Waals surface area contributed by atoms with E-state index >= 15 is 0 Å². The Morgan fingerprint density at radius 2 is 2.21 bits per heavy atom. The number of nitrogens with zero attached hydrogens (tertiary/aromatic N) is 3. The van der Waals surface area contributed by atoms with Crippen LogP contribution in [0.25, 0.3) is 0 Å². The Morgan fingerprint density at radius 1 is 1.63 bits per heavy atom. The van der Waals surface area contributed by atoms with Crippen LogP contribution >= 0.6 is 0 Å². The number of carboxylic acid groups (broad SMARTS) is 1. The topological polar surface area (TPSA) is 127 Å². The summed E-state index contributed by atoms with van der Waals surface area (Å²) in [6.07, 6.45) is 0. The van der Waals surface area contributed by atoms with Gasteiger partial charge in [0.2, 0.25) is 10.0 Å². The average Bonchev–Trinajstić information content (AvgIpc) is 2.71. The Hall–Kier alpha value is -1.92. The molecule has 0 aromatic carbocycles. The second kappa shape index (κ2) is 5.38. The van der Waals surface area contributed by atoms with Gasteiger partial charge in [-0.15, -0.1) is 0 Å². The Morgan fingerprint density at radius 3 is 2.68 bits per heavy atom. The highest BCUT2D eigenvalue weighted by molar-refractivity contribution is 7.89. The van der Waals surface area contributed by atoms with Gasteiger partial charge in [-0.3, -0.25) is 5.10 Å². The molecule has 1 rings (SSSR count). The van der Waals surface area contributed by atoms with Gasteiger partial charge < -0.3 is 5.11 Å². The van der Waals surface area contributed by atoms with E-state index in [0.29, 0.717) is 0 Å². The van der Waals surface area contributed by atoms with Crippen molar-refractivity contribution in [2.75, 3.05) is 13.6 Å². The zero-order chi connectivity index (χ0) is 14.8. The highest BCUT2D eigenvalue weighted by Gasteiger charge is 2.32. The molecule has 1 unspecified atom stereocenters. The summed E-state index contributed by atoms with van der Waals surface area (Å²) in [5.41, 5.74) is -0.400. The molecule has 1 atom stereocenters. The van der Waals surface area contributed by atoms with Gasteiger partial charge in [0, 0.05) is 13.6 Å². The lowest BCUT2D eigenvalue weighted by Crippen LogP contribution is -2.32. The fourth-order valence-electron chi connectivity index (χ4n) is 1.56. The van der Waals surface area contributed by atoms with E-state index in [2.05, 4.69) is 10.2 Å². The number of aromatic nitrogens is 2. The Bertz CT molecular complexity index is 628. The van der Waals surface area contributed by atoms with Gasteiger partial charge in [-0.25, -0.2) is 13.2 Å². The first-order chi connectivity index (χ1) is 8.71. The van der Waals surface area contributed by atoms with Crippen molar-refractivity contribution in [3.05, 3.63) is 11.4 Å². The normalized spacial score (nSPS) is 13.2. The molecule has 0 aliphatic rings. The SMILES string of the molecule is Cc1[nH]nc(C(=O)O)c1S(=O)(=O)N(C)CC(C)C#N. The smallest absolute Gasteiger partial charge is 0.357 e. The highest BCUT2D eigenvalue weighted by atomic mass is 32.2. The standard InChI is InChI=1S/C10H14N4O4S/c1-6(4-11)5-14(3)19(17,18)9-7(2)12-13-8(9)10(15)16/h6H,5H2,1-3H3,(H,12,13)(H,15,16). The second-order valence-electron chi connectivity index (χ2n) is 4.15. The third-order valence-electron chi connectivity index (χ3n) is 2.51. The number of hydrogen-bond donors (Lipinski definition) is 2. The van der Waals surface area contributed by atoms with Crippen LogP contribution in [0.5, 0.6) is 0 Å². The van der Waals surface area contributed by atoms with Crippen molar-refractivity contribution in [1.82, 2.24) is 14.5 Å². The third-order valence-corrected chi connectivity index (χ3v) is 4.50. The summed E-state index contributed by atoms with van der Waals surface area (Å²) in [7, 11) is -2.71. The fourth-order valence-corrected chi connectivity index (χ4v) is 3.10. The molecule has 9 heteroatoms. The Balaban J connectivity index is 3.25. The van der Waals surface area contributed by atoms with E-state index in [1.165, 1.54) is 14.0 Å². The number of aromatic carboxylic acids is 1. The summed E-state index contributed by atoms with van der Waals surface area (Å²) in [4.78, 5) is 10.6. The summed E-state index contributed by atoms with van der Waals surface area (Å²) >= 11 is 0. The van der Waals surface area contributed by atoms with E-state index in [1.54, 1.807) is 6.92 Å². The van der Waals surface area contributed by atoms with Crippen LogP contribution < -0.4 is 0 Å². The maximum atomic E-state index is 12.3. The maximum Gasteiger partial charge on any atom is 0.357 e. The van der Waals surface area contributed by atoms with Crippen molar-refractivity contribution in [2.45, 2.75) is 18.7 Å². The minimum absolute atomic E-state index is 0.0253. The first-order valence-corrected chi connectivity index (χ1v) is 6.80. The summed E-state index contributed by atoms with van der Waals surface area (Å²) < 4.78 is 25.5. The summed E-state index contributed by atoms with van der Waals surface area (Å²) in [5, 5.41) is 23.4. The lowest BCUT2D eigenvalue weighted by molar-refractivity contribution is 0.0686. The van der Waals surface area contributed by atoms with Gasteiger partial charge in [0.15, 0.2) is 5.69 Å². The minimum atomic E-state index is -4.00. The van der Waals surface area contributed by atoms with Gasteiger partial charge in [-0.1, -0.05) is 0 Å². The first kappa shape index (κ1) is 15.1. The van der Waals surface area contributed by atoms with Crippen molar-refractivity contribution in [3.8, 4) is 6.07 Å². The second-order valence-corrected chi connectivity index (χ2v) is 6.13. The number of aryl methyl sites for hydroxylation is 1.